The van der Waals surface area contributed by atoms with Crippen LogP contribution in [0.4, 0.5) is 5.69 Å². The molecular formula is C30H25Cl2N5OS. The minimum Gasteiger partial charge on any atom is -0.361 e. The van der Waals surface area contributed by atoms with Crippen LogP contribution in [0, 0.1) is 6.92 Å². The average Bonchev–Trinajstić information content (AvgIpc) is 3.59. The Morgan fingerprint density at radius 2 is 1.77 bits per heavy atom. The number of halogens is 2. The summed E-state index contributed by atoms with van der Waals surface area (Å²) < 4.78 is 5.63. The van der Waals surface area contributed by atoms with Gasteiger partial charge in [0, 0.05) is 46.7 Å². The minimum absolute atomic E-state index is 0.163. The predicted molar refractivity (Wildman–Crippen MR) is 161 cm³/mol. The fraction of sp³-hybridized carbons (Fsp3) is 0.133. The Balaban J connectivity index is 1.49. The number of benzene rings is 3. The van der Waals surface area contributed by atoms with Crippen molar-refractivity contribution in [1.29, 1.82) is 0 Å². The lowest BCUT2D eigenvalue weighted by atomic mass is 10.1. The number of fused-ring (bicyclic) bond motifs is 1. The molecule has 39 heavy (non-hydrogen) atoms. The number of thiazole rings is 1. The molecule has 9 heteroatoms. The molecule has 6 rings (SSSR count). The molecule has 3 aromatic heterocycles. The van der Waals surface area contributed by atoms with Crippen LogP contribution in [0.25, 0.3) is 27.8 Å². The topological polar surface area (TPSA) is 60.0 Å². The second-order valence-electron chi connectivity index (χ2n) is 9.31. The Kier molecular flexibility index (Phi) is 6.81. The van der Waals surface area contributed by atoms with Crippen LogP contribution >= 0.6 is 34.5 Å². The van der Waals surface area contributed by atoms with Gasteiger partial charge in [-0.15, -0.1) is 11.3 Å². The van der Waals surface area contributed by atoms with Crippen molar-refractivity contribution >= 4 is 51.1 Å². The third kappa shape index (κ3) is 4.67. The summed E-state index contributed by atoms with van der Waals surface area (Å²) in [6.07, 6.45) is 2.83. The van der Waals surface area contributed by atoms with Crippen LogP contribution in [0.3, 0.4) is 0 Å². The number of aromatic amines is 1. The van der Waals surface area contributed by atoms with Crippen molar-refractivity contribution in [2.75, 3.05) is 0 Å². The van der Waals surface area contributed by atoms with Gasteiger partial charge >= 0.3 is 0 Å². The van der Waals surface area contributed by atoms with Crippen LogP contribution in [0.5, 0.6) is 0 Å². The third-order valence-corrected chi connectivity index (χ3v) is 8.43. The van der Waals surface area contributed by atoms with Crippen LogP contribution in [-0.2, 0) is 20.0 Å². The first kappa shape index (κ1) is 25.5. The quantitative estimate of drug-likeness (QED) is 0.223. The van der Waals surface area contributed by atoms with Gasteiger partial charge in [0.1, 0.15) is 0 Å². The highest BCUT2D eigenvalue weighted by Gasteiger charge is 2.18. The molecule has 0 spiro atoms. The molecule has 0 aliphatic carbocycles. The molecule has 0 unspecified atom stereocenters. The van der Waals surface area contributed by atoms with Crippen molar-refractivity contribution < 1.29 is 0 Å². The summed E-state index contributed by atoms with van der Waals surface area (Å²) in [5.41, 5.74) is 5.94. The first-order valence-corrected chi connectivity index (χ1v) is 14.1. The fourth-order valence-corrected chi connectivity index (χ4v) is 6.33. The molecule has 0 bridgehead atoms. The minimum atomic E-state index is -0.163. The molecule has 3 heterocycles. The number of nitrogens with zero attached hydrogens (tertiary/aromatic N) is 4. The molecule has 196 valence electrons. The van der Waals surface area contributed by atoms with Crippen molar-refractivity contribution in [3.05, 3.63) is 121 Å². The van der Waals surface area contributed by atoms with E-state index in [1.165, 1.54) is 22.3 Å². The Labute approximate surface area is 239 Å². The van der Waals surface area contributed by atoms with Gasteiger partial charge in [-0.05, 0) is 55.3 Å². The van der Waals surface area contributed by atoms with Crippen LogP contribution in [0.15, 0.2) is 94.2 Å². The normalized spacial score (nSPS) is 12.1. The molecule has 0 atom stereocenters. The summed E-state index contributed by atoms with van der Waals surface area (Å²) in [5, 5.41) is 4.38. The van der Waals surface area contributed by atoms with Crippen molar-refractivity contribution in [2.45, 2.75) is 19.9 Å². The van der Waals surface area contributed by atoms with E-state index in [1.54, 1.807) is 10.7 Å². The molecule has 0 saturated heterocycles. The zero-order valence-electron chi connectivity index (χ0n) is 21.4. The summed E-state index contributed by atoms with van der Waals surface area (Å²) in [6.45, 7) is 2.57. The van der Waals surface area contributed by atoms with Crippen molar-refractivity contribution in [2.24, 2.45) is 12.0 Å². The number of H-pyrrole nitrogens is 1. The van der Waals surface area contributed by atoms with E-state index in [9.17, 15) is 4.79 Å². The molecule has 0 aliphatic heterocycles. The molecule has 3 aromatic carbocycles. The van der Waals surface area contributed by atoms with E-state index in [2.05, 4.69) is 27.9 Å². The van der Waals surface area contributed by atoms with Gasteiger partial charge in [-0.3, -0.25) is 9.48 Å². The molecule has 0 amide bonds. The lowest BCUT2D eigenvalue weighted by Gasteiger charge is -2.11. The summed E-state index contributed by atoms with van der Waals surface area (Å²) in [5.74, 6) is 0. The van der Waals surface area contributed by atoms with E-state index in [0.717, 1.165) is 39.4 Å². The van der Waals surface area contributed by atoms with Gasteiger partial charge in [-0.2, -0.15) is 0 Å². The standard InChI is InChI=1S/C30H25Cl2N5OS/c1-19-28(29(38)37(35(19)2)22-8-4-3-5-9-22)34-30-36(15-14-20-17-33-26-11-7-6-10-23(20)26)27(18-39-30)24-13-12-21(31)16-25(24)32/h3-13,16-18,33H,14-15H2,1-2H3. The second kappa shape index (κ2) is 10.4. The number of aromatic nitrogens is 4. The maximum absolute atomic E-state index is 13.6. The molecule has 0 fully saturated rings. The van der Waals surface area contributed by atoms with E-state index in [-0.39, 0.29) is 5.56 Å². The van der Waals surface area contributed by atoms with Crippen molar-refractivity contribution in [3.63, 3.8) is 0 Å². The number of aryl methyl sites for hydroxylation is 1. The fourth-order valence-electron chi connectivity index (χ4n) is 4.90. The summed E-state index contributed by atoms with van der Waals surface area (Å²) in [6, 6.07) is 23.4. The van der Waals surface area contributed by atoms with Crippen molar-refractivity contribution in [3.8, 4) is 16.9 Å². The lowest BCUT2D eigenvalue weighted by molar-refractivity contribution is 0.630. The Morgan fingerprint density at radius 1 is 1.00 bits per heavy atom. The highest BCUT2D eigenvalue weighted by atomic mass is 35.5. The van der Waals surface area contributed by atoms with Gasteiger partial charge in [0.05, 0.1) is 22.1 Å². The van der Waals surface area contributed by atoms with Crippen LogP contribution < -0.4 is 10.4 Å². The van der Waals surface area contributed by atoms with E-state index in [4.69, 9.17) is 28.2 Å². The summed E-state index contributed by atoms with van der Waals surface area (Å²) in [7, 11) is 1.88. The second-order valence-corrected chi connectivity index (χ2v) is 11.0. The molecule has 6 aromatic rings. The Morgan fingerprint density at radius 3 is 2.56 bits per heavy atom. The van der Waals surface area contributed by atoms with Crippen LogP contribution in [0.1, 0.15) is 11.3 Å². The maximum Gasteiger partial charge on any atom is 0.297 e. The smallest absolute Gasteiger partial charge is 0.297 e. The summed E-state index contributed by atoms with van der Waals surface area (Å²) >= 11 is 14.3. The molecule has 0 radical (unpaired) electrons. The average molecular weight is 575 g/mol. The molecule has 0 aliphatic rings. The molecular weight excluding hydrogens is 549 g/mol. The van der Waals surface area contributed by atoms with Gasteiger partial charge in [0.2, 0.25) is 0 Å². The van der Waals surface area contributed by atoms with Crippen LogP contribution in [0.2, 0.25) is 10.0 Å². The molecule has 6 nitrogen and oxygen atoms in total. The van der Waals surface area contributed by atoms with Gasteiger partial charge in [-0.25, -0.2) is 9.67 Å². The Hall–Kier alpha value is -3.78. The highest BCUT2D eigenvalue weighted by molar-refractivity contribution is 7.07. The van der Waals surface area contributed by atoms with Crippen molar-refractivity contribution in [1.82, 2.24) is 18.9 Å². The van der Waals surface area contributed by atoms with E-state index >= 15 is 0 Å². The largest absolute Gasteiger partial charge is 0.361 e. The molecule has 1 N–H and O–H groups in total. The number of hydrogen-bond acceptors (Lipinski definition) is 3. The number of nitrogens with one attached hydrogen (secondary N) is 1. The monoisotopic (exact) mass is 573 g/mol. The Bertz CT molecular complexity index is 1940. The summed E-state index contributed by atoms with van der Waals surface area (Å²) in [4.78, 5) is 22.6. The first-order chi connectivity index (χ1) is 18.9. The zero-order valence-corrected chi connectivity index (χ0v) is 23.7. The lowest BCUT2D eigenvalue weighted by Crippen LogP contribution is -2.20. The predicted octanol–water partition coefficient (Wildman–Crippen LogP) is 7.28. The van der Waals surface area contributed by atoms with Gasteiger partial charge < -0.3 is 9.55 Å². The van der Waals surface area contributed by atoms with Gasteiger partial charge in [-0.1, -0.05) is 59.6 Å². The zero-order chi connectivity index (χ0) is 27.1. The van der Waals surface area contributed by atoms with Crippen LogP contribution in [-0.4, -0.2) is 18.9 Å². The van der Waals surface area contributed by atoms with E-state index in [1.807, 2.05) is 78.6 Å². The molecule has 0 saturated carbocycles. The first-order valence-electron chi connectivity index (χ1n) is 12.5. The highest BCUT2D eigenvalue weighted by Crippen LogP contribution is 2.31. The van der Waals surface area contributed by atoms with E-state index in [0.29, 0.717) is 22.3 Å². The third-order valence-electron chi connectivity index (χ3n) is 7.02. The van der Waals surface area contributed by atoms with E-state index < -0.39 is 0 Å². The number of para-hydroxylation sites is 2. The number of rotatable bonds is 6. The SMILES string of the molecule is Cc1c(N=c2scc(-c3ccc(Cl)cc3Cl)n2CCc2c[nH]c3ccccc23)c(=O)n(-c2ccccc2)n1C. The van der Waals surface area contributed by atoms with Gasteiger partial charge in [0.25, 0.3) is 5.56 Å². The number of hydrogen-bond donors (Lipinski definition) is 1. The van der Waals surface area contributed by atoms with Gasteiger partial charge in [0.15, 0.2) is 10.5 Å². The maximum atomic E-state index is 13.6.